The lowest BCUT2D eigenvalue weighted by Crippen LogP contribution is -2.36. The minimum Gasteiger partial charge on any atom is -0.481 e. The molecule has 1 rings (SSSR count). The summed E-state index contributed by atoms with van der Waals surface area (Å²) in [4.78, 5) is 11.7. The molecule has 5 heteroatoms. The van der Waals surface area contributed by atoms with Gasteiger partial charge < -0.3 is 15.8 Å². The monoisotopic (exact) mass is 286 g/mol. The zero-order valence-corrected chi connectivity index (χ0v) is 12.3. The number of carbonyl (C=O) groups is 1. The van der Waals surface area contributed by atoms with Gasteiger partial charge >= 0.3 is 0 Å². The Morgan fingerprint density at radius 2 is 2.16 bits per heavy atom. The van der Waals surface area contributed by atoms with Crippen molar-refractivity contribution in [1.29, 1.82) is 0 Å². The van der Waals surface area contributed by atoms with Gasteiger partial charge in [0, 0.05) is 6.54 Å². The largest absolute Gasteiger partial charge is 0.481 e. The van der Waals surface area contributed by atoms with Crippen molar-refractivity contribution in [3.63, 3.8) is 0 Å². The molecule has 0 aliphatic carbocycles. The second-order valence-electron chi connectivity index (χ2n) is 4.36. The van der Waals surface area contributed by atoms with Gasteiger partial charge in [0.15, 0.2) is 6.10 Å². The average Bonchev–Trinajstić information content (AvgIpc) is 2.34. The van der Waals surface area contributed by atoms with E-state index >= 15 is 0 Å². The molecule has 1 amide bonds. The summed E-state index contributed by atoms with van der Waals surface area (Å²) in [5.41, 5.74) is 6.50. The van der Waals surface area contributed by atoms with Crippen LogP contribution in [0, 0.1) is 6.92 Å². The van der Waals surface area contributed by atoms with Crippen LogP contribution in [0.3, 0.4) is 0 Å². The lowest BCUT2D eigenvalue weighted by atomic mass is 10.2. The maximum atomic E-state index is 11.7. The van der Waals surface area contributed by atoms with Crippen LogP contribution in [0.5, 0.6) is 5.75 Å². The van der Waals surface area contributed by atoms with Gasteiger partial charge in [0.1, 0.15) is 5.75 Å². The highest BCUT2D eigenvalue weighted by Crippen LogP contribution is 2.14. The summed E-state index contributed by atoms with van der Waals surface area (Å²) < 4.78 is 5.58. The van der Waals surface area contributed by atoms with Crippen LogP contribution in [0.4, 0.5) is 0 Å². The van der Waals surface area contributed by atoms with Crippen molar-refractivity contribution in [2.45, 2.75) is 32.8 Å². The maximum Gasteiger partial charge on any atom is 0.260 e. The minimum atomic E-state index is -0.482. The van der Waals surface area contributed by atoms with Crippen molar-refractivity contribution in [3.8, 4) is 5.75 Å². The van der Waals surface area contributed by atoms with Gasteiger partial charge in [-0.1, -0.05) is 12.1 Å². The number of rotatable bonds is 7. The van der Waals surface area contributed by atoms with Gasteiger partial charge in [0.2, 0.25) is 0 Å². The molecule has 0 saturated heterocycles. The van der Waals surface area contributed by atoms with E-state index in [2.05, 4.69) is 5.32 Å². The van der Waals surface area contributed by atoms with Crippen molar-refractivity contribution in [3.05, 3.63) is 29.8 Å². The number of nitrogens with two attached hydrogens (primary N) is 1. The standard InChI is InChI=1S/C14H22N2O2.ClH/c1-11-6-5-7-13(10-11)18-12(2)14(17)16-9-4-3-8-15;/h5-7,10,12H,3-4,8-9,15H2,1-2H3,(H,16,17);1H. The number of benzene rings is 1. The molecule has 19 heavy (non-hydrogen) atoms. The lowest BCUT2D eigenvalue weighted by Gasteiger charge is -2.15. The van der Waals surface area contributed by atoms with Crippen LogP contribution in [0.1, 0.15) is 25.3 Å². The molecule has 108 valence electrons. The van der Waals surface area contributed by atoms with Crippen molar-refractivity contribution in [2.24, 2.45) is 5.73 Å². The van der Waals surface area contributed by atoms with E-state index in [0.717, 1.165) is 24.2 Å². The Morgan fingerprint density at radius 3 is 2.79 bits per heavy atom. The summed E-state index contributed by atoms with van der Waals surface area (Å²) in [5.74, 6) is 0.633. The number of aryl methyl sites for hydroxylation is 1. The molecule has 1 aromatic carbocycles. The minimum absolute atomic E-state index is 0. The molecule has 0 aliphatic rings. The van der Waals surface area contributed by atoms with Gasteiger partial charge in [0.05, 0.1) is 0 Å². The van der Waals surface area contributed by atoms with E-state index in [9.17, 15) is 4.79 Å². The third-order valence-corrected chi connectivity index (χ3v) is 2.60. The van der Waals surface area contributed by atoms with E-state index in [0.29, 0.717) is 13.1 Å². The fraction of sp³-hybridized carbons (Fsp3) is 0.500. The summed E-state index contributed by atoms with van der Waals surface area (Å²) in [6, 6.07) is 7.67. The smallest absolute Gasteiger partial charge is 0.260 e. The number of hydrogen-bond donors (Lipinski definition) is 2. The fourth-order valence-electron chi connectivity index (χ4n) is 1.57. The quantitative estimate of drug-likeness (QED) is 0.754. The van der Waals surface area contributed by atoms with E-state index < -0.39 is 6.10 Å². The first-order chi connectivity index (χ1) is 8.63. The number of nitrogens with one attached hydrogen (secondary N) is 1. The SMILES string of the molecule is Cc1cccc(OC(C)C(=O)NCCCCN)c1.Cl. The number of unbranched alkanes of at least 4 members (excludes halogenated alkanes) is 1. The Labute approximate surface area is 121 Å². The van der Waals surface area contributed by atoms with Gasteiger partial charge in [-0.2, -0.15) is 0 Å². The van der Waals surface area contributed by atoms with Crippen LogP contribution in [0.15, 0.2) is 24.3 Å². The summed E-state index contributed by atoms with van der Waals surface area (Å²) in [6.45, 7) is 5.05. The van der Waals surface area contributed by atoms with E-state index in [1.807, 2.05) is 31.2 Å². The molecule has 0 fully saturated rings. The molecule has 0 spiro atoms. The van der Waals surface area contributed by atoms with E-state index in [-0.39, 0.29) is 18.3 Å². The number of hydrogen-bond acceptors (Lipinski definition) is 3. The highest BCUT2D eigenvalue weighted by Gasteiger charge is 2.13. The first-order valence-corrected chi connectivity index (χ1v) is 6.34. The van der Waals surface area contributed by atoms with Crippen LogP contribution in [-0.4, -0.2) is 25.1 Å². The zero-order valence-electron chi connectivity index (χ0n) is 11.5. The lowest BCUT2D eigenvalue weighted by molar-refractivity contribution is -0.127. The van der Waals surface area contributed by atoms with Gasteiger partial charge in [-0.25, -0.2) is 0 Å². The number of ether oxygens (including phenoxy) is 1. The van der Waals surface area contributed by atoms with Crippen LogP contribution < -0.4 is 15.8 Å². The molecule has 0 saturated carbocycles. The molecule has 4 nitrogen and oxygen atoms in total. The van der Waals surface area contributed by atoms with Crippen molar-refractivity contribution < 1.29 is 9.53 Å². The third-order valence-electron chi connectivity index (χ3n) is 2.60. The Bertz CT molecular complexity index is 385. The Morgan fingerprint density at radius 1 is 1.42 bits per heavy atom. The highest BCUT2D eigenvalue weighted by atomic mass is 35.5. The molecule has 1 aromatic rings. The Balaban J connectivity index is 0.00000324. The predicted octanol–water partition coefficient (Wildman–Crippen LogP) is 2.04. The fourth-order valence-corrected chi connectivity index (χ4v) is 1.57. The van der Waals surface area contributed by atoms with Crippen LogP contribution >= 0.6 is 12.4 Å². The molecule has 0 radical (unpaired) electrons. The van der Waals surface area contributed by atoms with Crippen molar-refractivity contribution in [2.75, 3.05) is 13.1 Å². The molecular formula is C14H23ClN2O2. The summed E-state index contributed by atoms with van der Waals surface area (Å²) in [5, 5.41) is 2.83. The first kappa shape index (κ1) is 17.7. The zero-order chi connectivity index (χ0) is 13.4. The van der Waals surface area contributed by atoms with Crippen molar-refractivity contribution in [1.82, 2.24) is 5.32 Å². The van der Waals surface area contributed by atoms with Gasteiger partial charge in [-0.15, -0.1) is 12.4 Å². The number of halogens is 1. The predicted molar refractivity (Wildman–Crippen MR) is 79.8 cm³/mol. The van der Waals surface area contributed by atoms with E-state index in [4.69, 9.17) is 10.5 Å². The first-order valence-electron chi connectivity index (χ1n) is 6.34. The summed E-state index contributed by atoms with van der Waals surface area (Å²) in [7, 11) is 0. The molecule has 0 bridgehead atoms. The Hall–Kier alpha value is -1.26. The number of amides is 1. The third kappa shape index (κ3) is 7.03. The molecule has 3 N–H and O–H groups in total. The molecule has 0 heterocycles. The molecule has 1 atom stereocenters. The average molecular weight is 287 g/mol. The topological polar surface area (TPSA) is 64.3 Å². The number of carbonyl (C=O) groups excluding carboxylic acids is 1. The van der Waals surface area contributed by atoms with Gasteiger partial charge in [-0.3, -0.25) is 4.79 Å². The second kappa shape index (κ2) is 9.64. The van der Waals surface area contributed by atoms with E-state index in [1.54, 1.807) is 6.92 Å². The van der Waals surface area contributed by atoms with Crippen LogP contribution in [0.25, 0.3) is 0 Å². The summed E-state index contributed by atoms with van der Waals surface area (Å²) in [6.07, 6.45) is 1.34. The molecule has 0 aliphatic heterocycles. The maximum absolute atomic E-state index is 11.7. The Kier molecular flexibility index (Phi) is 9.00. The second-order valence-corrected chi connectivity index (χ2v) is 4.36. The molecule has 1 unspecified atom stereocenters. The van der Waals surface area contributed by atoms with E-state index in [1.165, 1.54) is 0 Å². The van der Waals surface area contributed by atoms with Gasteiger partial charge in [-0.05, 0) is 50.9 Å². The molecule has 0 aromatic heterocycles. The summed E-state index contributed by atoms with van der Waals surface area (Å²) >= 11 is 0. The normalized spacial score (nSPS) is 11.3. The highest BCUT2D eigenvalue weighted by molar-refractivity contribution is 5.85. The van der Waals surface area contributed by atoms with Crippen molar-refractivity contribution >= 4 is 18.3 Å². The van der Waals surface area contributed by atoms with Crippen LogP contribution in [-0.2, 0) is 4.79 Å². The van der Waals surface area contributed by atoms with Crippen LogP contribution in [0.2, 0.25) is 0 Å². The van der Waals surface area contributed by atoms with Gasteiger partial charge in [0.25, 0.3) is 5.91 Å². The molecular weight excluding hydrogens is 264 g/mol.